The molecule has 2 aliphatic carbocycles. The maximum atomic E-state index is 9.78. The molecular formula is C45H39N5. The van der Waals surface area contributed by atoms with Crippen LogP contribution in [0.5, 0.6) is 0 Å². The maximum absolute atomic E-state index is 9.78. The van der Waals surface area contributed by atoms with Crippen molar-refractivity contribution in [3.05, 3.63) is 132 Å². The van der Waals surface area contributed by atoms with Crippen LogP contribution in [-0.2, 0) is 5.41 Å². The van der Waals surface area contributed by atoms with Gasteiger partial charge in [-0.1, -0.05) is 98.8 Å². The van der Waals surface area contributed by atoms with E-state index in [4.69, 9.17) is 15.0 Å². The molecule has 5 nitrogen and oxygen atoms in total. The minimum Gasteiger partial charge on any atom is -0.308 e. The summed E-state index contributed by atoms with van der Waals surface area (Å²) in [6.45, 7) is 4.89. The van der Waals surface area contributed by atoms with Crippen LogP contribution in [-0.4, -0.2) is 19.5 Å². The minimum atomic E-state index is 0.268. The van der Waals surface area contributed by atoms with Crippen LogP contribution < -0.4 is 0 Å². The molecule has 2 unspecified atom stereocenters. The Kier molecular flexibility index (Phi) is 7.35. The van der Waals surface area contributed by atoms with Crippen molar-refractivity contribution < 1.29 is 0 Å². The fourth-order valence-electron chi connectivity index (χ4n) is 9.54. The fourth-order valence-corrected chi connectivity index (χ4v) is 9.54. The zero-order chi connectivity index (χ0) is 33.8. The SMILES string of the molecule is C[C@@H]1CC2C[C@H](C)CC(c3ccc(-c4nc(-c5ccccc5)nc(-c5cccc6c7cc(C#N)ccc7n(-c7ccccc7)c56)n4)cc3)(C2)C1. The Bertz CT molecular complexity index is 2380. The van der Waals surface area contributed by atoms with E-state index < -0.39 is 0 Å². The molecular weight excluding hydrogens is 611 g/mol. The second kappa shape index (κ2) is 12.1. The Hall–Kier alpha value is -5.60. The second-order valence-electron chi connectivity index (χ2n) is 14.9. The van der Waals surface area contributed by atoms with Crippen molar-refractivity contribution in [2.24, 2.45) is 17.8 Å². The van der Waals surface area contributed by atoms with Crippen LogP contribution in [0.25, 0.3) is 61.7 Å². The highest BCUT2D eigenvalue weighted by Gasteiger charge is 2.45. The van der Waals surface area contributed by atoms with Crippen LogP contribution in [0.3, 0.4) is 0 Å². The predicted molar refractivity (Wildman–Crippen MR) is 202 cm³/mol. The quantitative estimate of drug-likeness (QED) is 0.186. The van der Waals surface area contributed by atoms with Gasteiger partial charge in [0, 0.05) is 33.2 Å². The second-order valence-corrected chi connectivity index (χ2v) is 14.9. The van der Waals surface area contributed by atoms with Crippen LogP contribution >= 0.6 is 0 Å². The van der Waals surface area contributed by atoms with Gasteiger partial charge in [0.05, 0.1) is 22.7 Å². The van der Waals surface area contributed by atoms with Gasteiger partial charge in [-0.3, -0.25) is 0 Å². The van der Waals surface area contributed by atoms with Gasteiger partial charge in [-0.2, -0.15) is 5.26 Å². The van der Waals surface area contributed by atoms with E-state index in [1.54, 1.807) is 0 Å². The molecule has 244 valence electrons. The lowest BCUT2D eigenvalue weighted by molar-refractivity contribution is 0.0780. The molecule has 2 heterocycles. The van der Waals surface area contributed by atoms with Crippen molar-refractivity contribution in [2.75, 3.05) is 0 Å². The predicted octanol–water partition coefficient (Wildman–Crippen LogP) is 10.9. The summed E-state index contributed by atoms with van der Waals surface area (Å²) in [5.74, 6) is 4.29. The van der Waals surface area contributed by atoms with E-state index in [2.05, 4.69) is 103 Å². The maximum Gasteiger partial charge on any atom is 0.166 e. The molecule has 2 saturated carbocycles. The van der Waals surface area contributed by atoms with Crippen LogP contribution in [0.4, 0.5) is 0 Å². The normalized spacial score (nSPS) is 21.7. The van der Waals surface area contributed by atoms with Gasteiger partial charge in [-0.05, 0) is 97.2 Å². The summed E-state index contributed by atoms with van der Waals surface area (Å²) in [5, 5.41) is 11.8. The lowest BCUT2D eigenvalue weighted by Gasteiger charge is -2.50. The highest BCUT2D eigenvalue weighted by atomic mass is 15.0. The van der Waals surface area contributed by atoms with Gasteiger partial charge in [-0.15, -0.1) is 0 Å². The number of aromatic nitrogens is 4. The number of benzene rings is 5. The Labute approximate surface area is 293 Å². The Balaban J connectivity index is 1.23. The molecule has 0 spiro atoms. The van der Waals surface area contributed by atoms with Gasteiger partial charge in [0.2, 0.25) is 0 Å². The van der Waals surface area contributed by atoms with Gasteiger partial charge < -0.3 is 4.57 Å². The molecule has 2 fully saturated rings. The standard InChI is InChI=1S/C45H39N5/c1-29-22-32-23-30(2)26-45(25-29,27-32)35-19-17-34(18-20-35)43-47-42(33-10-5-3-6-11-33)48-44(49-43)38-15-9-14-37-39-24-31(28-46)16-21-40(39)50(41(37)38)36-12-7-4-8-13-36/h3-21,24,29-30,32H,22-23,25-27H2,1-2H3/t29-,30+,32?,45?. The Morgan fingerprint density at radius 1 is 0.640 bits per heavy atom. The number of hydrogen-bond acceptors (Lipinski definition) is 4. The van der Waals surface area contributed by atoms with Gasteiger partial charge in [0.25, 0.3) is 0 Å². The van der Waals surface area contributed by atoms with Gasteiger partial charge in [0.1, 0.15) is 0 Å². The van der Waals surface area contributed by atoms with Gasteiger partial charge in [-0.25, -0.2) is 15.0 Å². The minimum absolute atomic E-state index is 0.268. The summed E-state index contributed by atoms with van der Waals surface area (Å²) in [4.78, 5) is 15.5. The number of hydrogen-bond donors (Lipinski definition) is 0. The summed E-state index contributed by atoms with van der Waals surface area (Å²) in [7, 11) is 0. The Morgan fingerprint density at radius 2 is 1.28 bits per heavy atom. The first kappa shape index (κ1) is 30.5. The monoisotopic (exact) mass is 649 g/mol. The number of fused-ring (bicyclic) bond motifs is 5. The highest BCUT2D eigenvalue weighted by Crippen LogP contribution is 2.54. The topological polar surface area (TPSA) is 67.4 Å². The van der Waals surface area contributed by atoms with E-state index in [0.717, 1.165) is 61.9 Å². The largest absolute Gasteiger partial charge is 0.308 e. The molecule has 4 atom stereocenters. The summed E-state index contributed by atoms with van der Waals surface area (Å²) in [6, 6.07) is 44.3. The molecule has 0 aliphatic heterocycles. The Morgan fingerprint density at radius 3 is 1.96 bits per heavy atom. The van der Waals surface area contributed by atoms with E-state index in [9.17, 15) is 5.26 Å². The van der Waals surface area contributed by atoms with Crippen molar-refractivity contribution in [1.82, 2.24) is 19.5 Å². The summed E-state index contributed by atoms with van der Waals surface area (Å²) in [5.41, 5.74) is 8.28. The fraction of sp³-hybridized carbons (Fsp3) is 0.244. The molecule has 50 heavy (non-hydrogen) atoms. The number of nitrogens with zero attached hydrogens (tertiary/aromatic N) is 5. The molecule has 9 rings (SSSR count). The van der Waals surface area contributed by atoms with Crippen LogP contribution in [0, 0.1) is 29.1 Å². The van der Waals surface area contributed by atoms with Crippen molar-refractivity contribution in [2.45, 2.75) is 51.4 Å². The lowest BCUT2D eigenvalue weighted by atomic mass is 9.54. The van der Waals surface area contributed by atoms with E-state index in [1.165, 1.54) is 37.7 Å². The van der Waals surface area contributed by atoms with Crippen molar-refractivity contribution >= 4 is 21.8 Å². The van der Waals surface area contributed by atoms with E-state index in [-0.39, 0.29) is 5.41 Å². The zero-order valence-corrected chi connectivity index (χ0v) is 28.6. The van der Waals surface area contributed by atoms with Crippen molar-refractivity contribution in [3.63, 3.8) is 0 Å². The molecule has 5 heteroatoms. The third kappa shape index (κ3) is 5.18. The van der Waals surface area contributed by atoms with E-state index in [1.807, 2.05) is 42.5 Å². The molecule has 2 aliphatic rings. The highest BCUT2D eigenvalue weighted by molar-refractivity contribution is 6.13. The first-order chi connectivity index (χ1) is 24.5. The molecule has 2 bridgehead atoms. The van der Waals surface area contributed by atoms with Gasteiger partial charge >= 0.3 is 0 Å². The molecule has 0 saturated heterocycles. The van der Waals surface area contributed by atoms with Crippen molar-refractivity contribution in [1.29, 1.82) is 5.26 Å². The number of rotatable bonds is 5. The third-order valence-corrected chi connectivity index (χ3v) is 11.2. The van der Waals surface area contributed by atoms with E-state index >= 15 is 0 Å². The van der Waals surface area contributed by atoms with Crippen LogP contribution in [0.1, 0.15) is 57.1 Å². The molecule has 0 N–H and O–H groups in total. The summed E-state index contributed by atoms with van der Waals surface area (Å²) >= 11 is 0. The third-order valence-electron chi connectivity index (χ3n) is 11.2. The molecule has 5 aromatic carbocycles. The molecule has 2 aromatic heterocycles. The molecule has 0 radical (unpaired) electrons. The smallest absolute Gasteiger partial charge is 0.166 e. The average Bonchev–Trinajstić information content (AvgIpc) is 3.48. The van der Waals surface area contributed by atoms with E-state index in [0.29, 0.717) is 23.0 Å². The van der Waals surface area contributed by atoms with Crippen LogP contribution in [0.15, 0.2) is 121 Å². The number of para-hydroxylation sites is 2. The first-order valence-corrected chi connectivity index (χ1v) is 17.9. The first-order valence-electron chi connectivity index (χ1n) is 17.9. The molecule has 0 amide bonds. The summed E-state index contributed by atoms with van der Waals surface area (Å²) in [6.07, 6.45) is 6.60. The lowest BCUT2D eigenvalue weighted by Crippen LogP contribution is -2.42. The van der Waals surface area contributed by atoms with Crippen LogP contribution in [0.2, 0.25) is 0 Å². The number of nitriles is 1. The van der Waals surface area contributed by atoms with Crippen molar-refractivity contribution in [3.8, 4) is 45.9 Å². The summed E-state index contributed by atoms with van der Waals surface area (Å²) < 4.78 is 2.27. The average molecular weight is 650 g/mol. The molecule has 7 aromatic rings. The zero-order valence-electron chi connectivity index (χ0n) is 28.6. The van der Waals surface area contributed by atoms with Gasteiger partial charge in [0.15, 0.2) is 17.5 Å².